The molecule has 1 saturated carbocycles. The van der Waals surface area contributed by atoms with Gasteiger partial charge in [0.15, 0.2) is 0 Å². The Morgan fingerprint density at radius 3 is 2.53 bits per heavy atom. The zero-order valence-corrected chi connectivity index (χ0v) is 20.6. The number of methoxy groups -OCH3 is 1. The molecule has 1 aromatic carbocycles. The van der Waals surface area contributed by atoms with Crippen LogP contribution < -0.4 is 0 Å². The Bertz CT molecular complexity index is 728. The van der Waals surface area contributed by atoms with E-state index in [-0.39, 0.29) is 23.4 Å². The molecule has 0 aliphatic heterocycles. The highest BCUT2D eigenvalue weighted by Gasteiger charge is 2.35. The second kappa shape index (κ2) is 14.4. The van der Waals surface area contributed by atoms with Gasteiger partial charge in [-0.05, 0) is 62.0 Å². The molecule has 1 aliphatic rings. The van der Waals surface area contributed by atoms with Crippen LogP contribution in [0.25, 0.3) is 0 Å². The normalized spacial score (nSPS) is 21.6. The Hall–Kier alpha value is -1.81. The average molecular weight is 463 g/mol. The van der Waals surface area contributed by atoms with E-state index in [0.29, 0.717) is 18.3 Å². The van der Waals surface area contributed by atoms with Crippen LogP contribution in [0.2, 0.25) is 0 Å². The fourth-order valence-electron chi connectivity index (χ4n) is 4.63. The largest absolute Gasteiger partial charge is 0.469 e. The van der Waals surface area contributed by atoms with Crippen molar-refractivity contribution in [2.24, 2.45) is 5.92 Å². The standard InChI is InChI=1S/C27H39ClO4/c1-4-5-8-12-25(32-20(2)29)21-14-16-23(17-15-21)27-22(18-19-24(27)28)11-9-6-7-10-13-26(30)31-3/h6,9,14-17,22,24-25,27H,4-5,7-8,10-13,18-19H2,1-3H3/b9-6-/t22-,24?,25+,27?/m0/s1. The molecule has 0 amide bonds. The SMILES string of the molecule is CCCCC[C@@H](OC(C)=O)c1ccc(C2C(Cl)CC[C@@H]2C/C=C\CCCC(=O)OC)cc1. The lowest BCUT2D eigenvalue weighted by Crippen LogP contribution is -2.13. The number of carbonyl (C=O) groups excluding carboxylic acids is 2. The minimum absolute atomic E-state index is 0.146. The van der Waals surface area contributed by atoms with Gasteiger partial charge >= 0.3 is 11.9 Å². The van der Waals surface area contributed by atoms with Crippen molar-refractivity contribution >= 4 is 23.5 Å². The summed E-state index contributed by atoms with van der Waals surface area (Å²) in [6.45, 7) is 3.65. The Kier molecular flexibility index (Phi) is 11.9. The maximum absolute atomic E-state index is 11.6. The number of carbonyl (C=O) groups is 2. The van der Waals surface area contributed by atoms with E-state index in [2.05, 4.69) is 48.1 Å². The smallest absolute Gasteiger partial charge is 0.305 e. The van der Waals surface area contributed by atoms with E-state index in [1.54, 1.807) is 0 Å². The van der Waals surface area contributed by atoms with Crippen molar-refractivity contribution < 1.29 is 19.1 Å². The summed E-state index contributed by atoms with van der Waals surface area (Å²) in [7, 11) is 1.43. The summed E-state index contributed by atoms with van der Waals surface area (Å²) in [6.07, 6.45) is 13.8. The van der Waals surface area contributed by atoms with Crippen LogP contribution in [-0.4, -0.2) is 24.4 Å². The van der Waals surface area contributed by atoms with Gasteiger partial charge in [0.1, 0.15) is 6.10 Å². The third-order valence-electron chi connectivity index (χ3n) is 6.37. The predicted molar refractivity (Wildman–Crippen MR) is 130 cm³/mol. The minimum Gasteiger partial charge on any atom is -0.469 e. The number of halogens is 1. The lowest BCUT2D eigenvalue weighted by molar-refractivity contribution is -0.147. The fourth-order valence-corrected chi connectivity index (χ4v) is 5.11. The number of alkyl halides is 1. The number of benzene rings is 1. The third-order valence-corrected chi connectivity index (χ3v) is 6.86. The quantitative estimate of drug-likeness (QED) is 0.134. The Morgan fingerprint density at radius 2 is 1.88 bits per heavy atom. The first kappa shape index (κ1) is 26.4. The summed E-state index contributed by atoms with van der Waals surface area (Å²) in [5, 5.41) is 0.146. The molecule has 2 rings (SSSR count). The predicted octanol–water partition coefficient (Wildman–Crippen LogP) is 7.26. The van der Waals surface area contributed by atoms with Crippen LogP contribution in [0.3, 0.4) is 0 Å². The van der Waals surface area contributed by atoms with Crippen LogP contribution in [0.5, 0.6) is 0 Å². The summed E-state index contributed by atoms with van der Waals surface area (Å²) in [5.41, 5.74) is 2.33. The van der Waals surface area contributed by atoms with Crippen LogP contribution in [0, 0.1) is 5.92 Å². The van der Waals surface area contributed by atoms with Crippen molar-refractivity contribution in [2.45, 2.75) is 95.5 Å². The maximum Gasteiger partial charge on any atom is 0.305 e. The van der Waals surface area contributed by atoms with Gasteiger partial charge < -0.3 is 9.47 Å². The van der Waals surface area contributed by atoms with Crippen LogP contribution in [0.1, 0.15) is 101 Å². The Balaban J connectivity index is 1.97. The molecule has 0 spiro atoms. The maximum atomic E-state index is 11.6. The van der Waals surface area contributed by atoms with Crippen LogP contribution in [0.15, 0.2) is 36.4 Å². The summed E-state index contributed by atoms with van der Waals surface area (Å²) in [4.78, 5) is 22.8. The molecule has 0 bridgehead atoms. The molecule has 5 heteroatoms. The molecular formula is C27H39ClO4. The van der Waals surface area contributed by atoms with Crippen LogP contribution >= 0.6 is 11.6 Å². The molecular weight excluding hydrogens is 424 g/mol. The minimum atomic E-state index is -0.231. The number of rotatable bonds is 13. The molecule has 0 saturated heterocycles. The van der Waals surface area contributed by atoms with Crippen molar-refractivity contribution in [3.05, 3.63) is 47.5 Å². The van der Waals surface area contributed by atoms with Gasteiger partial charge in [0.05, 0.1) is 7.11 Å². The number of hydrogen-bond donors (Lipinski definition) is 0. The van der Waals surface area contributed by atoms with E-state index < -0.39 is 0 Å². The van der Waals surface area contributed by atoms with Crippen molar-refractivity contribution in [3.8, 4) is 0 Å². The molecule has 1 aliphatic carbocycles. The van der Waals surface area contributed by atoms with E-state index in [1.807, 2.05) is 0 Å². The van der Waals surface area contributed by atoms with E-state index in [1.165, 1.54) is 19.6 Å². The van der Waals surface area contributed by atoms with Gasteiger partial charge in [-0.25, -0.2) is 0 Å². The van der Waals surface area contributed by atoms with E-state index in [4.69, 9.17) is 16.3 Å². The molecule has 0 heterocycles. The van der Waals surface area contributed by atoms with Crippen molar-refractivity contribution in [1.29, 1.82) is 0 Å². The first-order valence-electron chi connectivity index (χ1n) is 12.1. The van der Waals surface area contributed by atoms with Gasteiger partial charge in [0, 0.05) is 24.6 Å². The average Bonchev–Trinajstić information content (AvgIpc) is 3.15. The van der Waals surface area contributed by atoms with Crippen LogP contribution in [-0.2, 0) is 19.1 Å². The van der Waals surface area contributed by atoms with Crippen molar-refractivity contribution in [3.63, 3.8) is 0 Å². The van der Waals surface area contributed by atoms with Gasteiger partial charge in [-0.3, -0.25) is 9.59 Å². The molecule has 32 heavy (non-hydrogen) atoms. The monoisotopic (exact) mass is 462 g/mol. The summed E-state index contributed by atoms with van der Waals surface area (Å²) in [6, 6.07) is 8.56. The highest BCUT2D eigenvalue weighted by atomic mass is 35.5. The summed E-state index contributed by atoms with van der Waals surface area (Å²) < 4.78 is 10.3. The van der Waals surface area contributed by atoms with Gasteiger partial charge in [0.25, 0.3) is 0 Å². The summed E-state index contributed by atoms with van der Waals surface area (Å²) in [5.74, 6) is 0.473. The van der Waals surface area contributed by atoms with E-state index >= 15 is 0 Å². The topological polar surface area (TPSA) is 52.6 Å². The molecule has 0 aromatic heterocycles. The number of esters is 2. The Morgan fingerprint density at radius 1 is 1.12 bits per heavy atom. The van der Waals surface area contributed by atoms with Crippen molar-refractivity contribution in [2.75, 3.05) is 7.11 Å². The lowest BCUT2D eigenvalue weighted by atomic mass is 9.85. The zero-order chi connectivity index (χ0) is 23.3. The van der Waals surface area contributed by atoms with Gasteiger partial charge in [-0.15, -0.1) is 11.6 Å². The van der Waals surface area contributed by atoms with Crippen LogP contribution in [0.4, 0.5) is 0 Å². The number of ether oxygens (including phenoxy) is 2. The second-order valence-corrected chi connectivity index (χ2v) is 9.38. The fraction of sp³-hybridized carbons (Fsp3) is 0.630. The second-order valence-electron chi connectivity index (χ2n) is 8.82. The van der Waals surface area contributed by atoms with Gasteiger partial charge in [-0.2, -0.15) is 0 Å². The Labute approximate surface area is 198 Å². The summed E-state index contributed by atoms with van der Waals surface area (Å²) >= 11 is 6.73. The third kappa shape index (κ3) is 8.61. The van der Waals surface area contributed by atoms with E-state index in [0.717, 1.165) is 63.4 Å². The highest BCUT2D eigenvalue weighted by Crippen LogP contribution is 2.45. The van der Waals surface area contributed by atoms with Crippen molar-refractivity contribution in [1.82, 2.24) is 0 Å². The molecule has 4 nitrogen and oxygen atoms in total. The molecule has 0 radical (unpaired) electrons. The van der Waals surface area contributed by atoms with E-state index in [9.17, 15) is 9.59 Å². The number of unbranched alkanes of at least 4 members (excludes halogenated alkanes) is 3. The molecule has 0 N–H and O–H groups in total. The van der Waals surface area contributed by atoms with Gasteiger partial charge in [-0.1, -0.05) is 56.2 Å². The highest BCUT2D eigenvalue weighted by molar-refractivity contribution is 6.21. The molecule has 1 aromatic rings. The first-order valence-corrected chi connectivity index (χ1v) is 12.5. The lowest BCUT2D eigenvalue weighted by Gasteiger charge is -2.23. The molecule has 1 fully saturated rings. The first-order chi connectivity index (χ1) is 15.5. The molecule has 4 atom stereocenters. The zero-order valence-electron chi connectivity index (χ0n) is 19.9. The number of allylic oxidation sites excluding steroid dienone is 2. The molecule has 178 valence electrons. The molecule has 2 unspecified atom stereocenters. The van der Waals surface area contributed by atoms with Gasteiger partial charge in [0.2, 0.25) is 0 Å². The number of hydrogen-bond acceptors (Lipinski definition) is 4.